The number of nitrogens with zero attached hydrogens (tertiary/aromatic N) is 1. The maximum absolute atomic E-state index is 12.3. The Morgan fingerprint density at radius 1 is 1.42 bits per heavy atom. The van der Waals surface area contributed by atoms with E-state index in [-0.39, 0.29) is 17.8 Å². The molecule has 0 unspecified atom stereocenters. The third-order valence-corrected chi connectivity index (χ3v) is 1.54. The van der Waals surface area contributed by atoms with E-state index in [1.807, 2.05) is 0 Å². The molecule has 0 spiro atoms. The van der Waals surface area contributed by atoms with Gasteiger partial charge in [-0.25, -0.2) is 8.78 Å². The Morgan fingerprint density at radius 2 is 2.08 bits per heavy atom. The number of nitrogen functional groups attached to an aromatic ring is 1. The molecule has 1 heterocycles. The quantitative estimate of drug-likeness (QED) is 0.702. The standard InChI is InChI=1S/C7H9F2N3/c8-7(9)6-4(1-10)2-12-3-5(6)11/h2-3,7H,1,10-11H2. The van der Waals surface area contributed by atoms with Gasteiger partial charge in [-0.05, 0) is 5.56 Å². The summed E-state index contributed by atoms with van der Waals surface area (Å²) in [5.41, 5.74) is 10.6. The van der Waals surface area contributed by atoms with Gasteiger partial charge in [0.1, 0.15) is 0 Å². The number of halogens is 2. The first-order valence-electron chi connectivity index (χ1n) is 3.37. The summed E-state index contributed by atoms with van der Waals surface area (Å²) in [6, 6.07) is 0. The van der Waals surface area contributed by atoms with Crippen LogP contribution in [0.3, 0.4) is 0 Å². The third kappa shape index (κ3) is 1.50. The summed E-state index contributed by atoms with van der Waals surface area (Å²) < 4.78 is 24.6. The third-order valence-electron chi connectivity index (χ3n) is 1.54. The molecule has 0 aromatic carbocycles. The summed E-state index contributed by atoms with van der Waals surface area (Å²) in [5.74, 6) is 0. The number of alkyl halides is 2. The maximum Gasteiger partial charge on any atom is 0.266 e. The number of hydrogen-bond acceptors (Lipinski definition) is 3. The van der Waals surface area contributed by atoms with Crippen LogP contribution in [0.2, 0.25) is 0 Å². The monoisotopic (exact) mass is 173 g/mol. The Bertz CT molecular complexity index is 275. The number of pyridine rings is 1. The summed E-state index contributed by atoms with van der Waals surface area (Å²) in [7, 11) is 0. The van der Waals surface area contributed by atoms with Crippen molar-refractivity contribution in [3.8, 4) is 0 Å². The molecule has 3 nitrogen and oxygen atoms in total. The average Bonchev–Trinajstić information content (AvgIpc) is 2.03. The first-order chi connectivity index (χ1) is 5.66. The van der Waals surface area contributed by atoms with Crippen molar-refractivity contribution in [2.24, 2.45) is 5.73 Å². The lowest BCUT2D eigenvalue weighted by atomic mass is 10.1. The van der Waals surface area contributed by atoms with Crippen LogP contribution >= 0.6 is 0 Å². The molecule has 5 heteroatoms. The van der Waals surface area contributed by atoms with Crippen LogP contribution in [-0.2, 0) is 6.54 Å². The highest BCUT2D eigenvalue weighted by atomic mass is 19.3. The van der Waals surface area contributed by atoms with Crippen LogP contribution in [0.15, 0.2) is 12.4 Å². The summed E-state index contributed by atoms with van der Waals surface area (Å²) in [4.78, 5) is 3.66. The lowest BCUT2D eigenvalue weighted by molar-refractivity contribution is 0.151. The van der Waals surface area contributed by atoms with Gasteiger partial charge in [0.15, 0.2) is 0 Å². The van der Waals surface area contributed by atoms with E-state index in [1.54, 1.807) is 0 Å². The second kappa shape index (κ2) is 3.44. The van der Waals surface area contributed by atoms with Gasteiger partial charge < -0.3 is 11.5 Å². The number of aromatic nitrogens is 1. The summed E-state index contributed by atoms with van der Waals surface area (Å²) >= 11 is 0. The zero-order valence-corrected chi connectivity index (χ0v) is 6.30. The zero-order valence-electron chi connectivity index (χ0n) is 6.30. The molecule has 0 saturated heterocycles. The van der Waals surface area contributed by atoms with Gasteiger partial charge in [-0.15, -0.1) is 0 Å². The largest absolute Gasteiger partial charge is 0.397 e. The molecule has 0 saturated carbocycles. The van der Waals surface area contributed by atoms with Gasteiger partial charge in [0.2, 0.25) is 0 Å². The first kappa shape index (κ1) is 8.86. The highest BCUT2D eigenvalue weighted by molar-refractivity contribution is 5.49. The minimum absolute atomic E-state index is 0.00653. The minimum Gasteiger partial charge on any atom is -0.397 e. The average molecular weight is 173 g/mol. The molecule has 12 heavy (non-hydrogen) atoms. The fourth-order valence-corrected chi connectivity index (χ4v) is 0.961. The maximum atomic E-state index is 12.3. The Morgan fingerprint density at radius 3 is 2.50 bits per heavy atom. The van der Waals surface area contributed by atoms with Crippen LogP contribution in [-0.4, -0.2) is 4.98 Å². The van der Waals surface area contributed by atoms with E-state index >= 15 is 0 Å². The van der Waals surface area contributed by atoms with Gasteiger partial charge in [0.05, 0.1) is 11.9 Å². The predicted molar refractivity (Wildman–Crippen MR) is 41.5 cm³/mol. The van der Waals surface area contributed by atoms with E-state index in [0.717, 1.165) is 0 Å². The summed E-state index contributed by atoms with van der Waals surface area (Å²) in [6.07, 6.45) is -0.0926. The Labute approximate surface area is 68.4 Å². The molecule has 1 rings (SSSR count). The van der Waals surface area contributed by atoms with Gasteiger partial charge in [-0.3, -0.25) is 4.98 Å². The van der Waals surface area contributed by atoms with Crippen LogP contribution in [0.1, 0.15) is 17.6 Å². The van der Waals surface area contributed by atoms with Gasteiger partial charge in [-0.1, -0.05) is 0 Å². The first-order valence-corrected chi connectivity index (χ1v) is 3.37. The van der Waals surface area contributed by atoms with Crippen molar-refractivity contribution < 1.29 is 8.78 Å². The van der Waals surface area contributed by atoms with Crippen molar-refractivity contribution in [1.29, 1.82) is 0 Å². The van der Waals surface area contributed by atoms with E-state index in [2.05, 4.69) is 4.98 Å². The fourth-order valence-electron chi connectivity index (χ4n) is 0.961. The highest BCUT2D eigenvalue weighted by Crippen LogP contribution is 2.27. The summed E-state index contributed by atoms with van der Waals surface area (Å²) in [5, 5.41) is 0. The molecule has 4 N–H and O–H groups in total. The predicted octanol–water partition coefficient (Wildman–Crippen LogP) is 1.06. The van der Waals surface area contributed by atoms with Gasteiger partial charge in [0.25, 0.3) is 6.43 Å². The zero-order chi connectivity index (χ0) is 9.14. The second-order valence-corrected chi connectivity index (χ2v) is 2.31. The molecule has 0 aliphatic heterocycles. The van der Waals surface area contributed by atoms with Crippen LogP contribution in [0.4, 0.5) is 14.5 Å². The van der Waals surface area contributed by atoms with Crippen molar-refractivity contribution in [2.75, 3.05) is 5.73 Å². The summed E-state index contributed by atoms with van der Waals surface area (Å²) in [6.45, 7) is 0.0255. The van der Waals surface area contributed by atoms with Crippen LogP contribution in [0.5, 0.6) is 0 Å². The molecular weight excluding hydrogens is 164 g/mol. The molecule has 0 bridgehead atoms. The van der Waals surface area contributed by atoms with Crippen LogP contribution < -0.4 is 11.5 Å². The van der Waals surface area contributed by atoms with Crippen molar-refractivity contribution in [3.05, 3.63) is 23.5 Å². The highest BCUT2D eigenvalue weighted by Gasteiger charge is 2.15. The molecule has 66 valence electrons. The Kier molecular flexibility index (Phi) is 2.54. The van der Waals surface area contributed by atoms with E-state index in [4.69, 9.17) is 11.5 Å². The smallest absolute Gasteiger partial charge is 0.266 e. The molecule has 1 aromatic heterocycles. The lowest BCUT2D eigenvalue weighted by Crippen LogP contribution is -2.06. The Balaban J connectivity index is 3.20. The minimum atomic E-state index is -2.59. The Hall–Kier alpha value is -1.23. The van der Waals surface area contributed by atoms with E-state index < -0.39 is 6.43 Å². The number of anilines is 1. The molecule has 0 fully saturated rings. The van der Waals surface area contributed by atoms with Crippen molar-refractivity contribution in [1.82, 2.24) is 4.98 Å². The second-order valence-electron chi connectivity index (χ2n) is 2.31. The van der Waals surface area contributed by atoms with Crippen molar-refractivity contribution in [2.45, 2.75) is 13.0 Å². The van der Waals surface area contributed by atoms with Crippen LogP contribution in [0, 0.1) is 0 Å². The van der Waals surface area contributed by atoms with E-state index in [1.165, 1.54) is 12.4 Å². The molecule has 1 aromatic rings. The molecule has 0 aliphatic rings. The fraction of sp³-hybridized carbons (Fsp3) is 0.286. The van der Waals surface area contributed by atoms with Gasteiger partial charge in [0, 0.05) is 18.3 Å². The van der Waals surface area contributed by atoms with E-state index in [0.29, 0.717) is 5.56 Å². The van der Waals surface area contributed by atoms with Crippen LogP contribution in [0.25, 0.3) is 0 Å². The topological polar surface area (TPSA) is 64.9 Å². The van der Waals surface area contributed by atoms with Gasteiger partial charge >= 0.3 is 0 Å². The molecule has 0 aliphatic carbocycles. The van der Waals surface area contributed by atoms with E-state index in [9.17, 15) is 8.78 Å². The number of nitrogens with two attached hydrogens (primary N) is 2. The molecule has 0 atom stereocenters. The molecule has 0 amide bonds. The molecule has 0 radical (unpaired) electrons. The number of hydrogen-bond donors (Lipinski definition) is 2. The lowest BCUT2D eigenvalue weighted by Gasteiger charge is -2.08. The van der Waals surface area contributed by atoms with Crippen molar-refractivity contribution in [3.63, 3.8) is 0 Å². The normalized spacial score (nSPS) is 10.7. The molecular formula is C7H9F2N3. The van der Waals surface area contributed by atoms with Crippen molar-refractivity contribution >= 4 is 5.69 Å². The van der Waals surface area contributed by atoms with Gasteiger partial charge in [-0.2, -0.15) is 0 Å². The SMILES string of the molecule is NCc1cncc(N)c1C(F)F. The number of rotatable bonds is 2.